The summed E-state index contributed by atoms with van der Waals surface area (Å²) in [5.74, 6) is 0. The minimum atomic E-state index is -4.37. The predicted octanol–water partition coefficient (Wildman–Crippen LogP) is 12.6. The molecule has 48 heavy (non-hydrogen) atoms. The zero-order valence-electron chi connectivity index (χ0n) is 25.8. The minimum absolute atomic E-state index is 0.539. The van der Waals surface area contributed by atoms with Crippen molar-refractivity contribution in [1.29, 1.82) is 0 Å². The maximum Gasteiger partial charge on any atom is 0.416 e. The van der Waals surface area contributed by atoms with Crippen molar-refractivity contribution in [3.63, 3.8) is 0 Å². The number of fused-ring (bicyclic) bond motifs is 3. The van der Waals surface area contributed by atoms with Crippen LogP contribution in [-0.2, 0) is 6.18 Å². The van der Waals surface area contributed by atoms with E-state index in [-0.39, 0.29) is 0 Å². The molecule has 1 heterocycles. The van der Waals surface area contributed by atoms with Crippen LogP contribution in [0.4, 0.5) is 30.2 Å². The number of hydrogen-bond donors (Lipinski definition) is 0. The summed E-state index contributed by atoms with van der Waals surface area (Å²) in [6.45, 7) is 0. The lowest BCUT2D eigenvalue weighted by molar-refractivity contribution is -0.137. The van der Waals surface area contributed by atoms with Crippen LogP contribution >= 0.6 is 0 Å². The van der Waals surface area contributed by atoms with Crippen LogP contribution in [0.1, 0.15) is 5.56 Å². The quantitative estimate of drug-likeness (QED) is 0.177. The Bertz CT molecular complexity index is 2320. The van der Waals surface area contributed by atoms with Gasteiger partial charge in [-0.1, -0.05) is 103 Å². The van der Waals surface area contributed by atoms with E-state index in [4.69, 9.17) is 0 Å². The zero-order chi connectivity index (χ0) is 32.7. The number of halogens is 3. The van der Waals surface area contributed by atoms with Gasteiger partial charge in [-0.15, -0.1) is 0 Å². The topological polar surface area (TPSA) is 8.17 Å². The molecule has 0 atom stereocenters. The van der Waals surface area contributed by atoms with E-state index in [0.717, 1.165) is 61.9 Å². The molecule has 0 unspecified atom stereocenters. The molecule has 0 aliphatic rings. The van der Waals surface area contributed by atoms with Crippen molar-refractivity contribution in [3.8, 4) is 27.9 Å². The average molecular weight is 631 g/mol. The fourth-order valence-corrected chi connectivity index (χ4v) is 6.51. The van der Waals surface area contributed by atoms with Crippen molar-refractivity contribution < 1.29 is 13.2 Å². The fraction of sp³-hybridized carbons (Fsp3) is 0.0233. The van der Waals surface area contributed by atoms with Gasteiger partial charge in [0.2, 0.25) is 0 Å². The second-order valence-corrected chi connectivity index (χ2v) is 11.8. The molecule has 0 saturated heterocycles. The second kappa shape index (κ2) is 11.9. The van der Waals surface area contributed by atoms with Gasteiger partial charge in [0.15, 0.2) is 0 Å². The summed E-state index contributed by atoms with van der Waals surface area (Å²) in [7, 11) is 0. The first-order valence-electron chi connectivity index (χ1n) is 15.8. The lowest BCUT2D eigenvalue weighted by Crippen LogP contribution is -2.09. The van der Waals surface area contributed by atoms with Crippen molar-refractivity contribution in [2.45, 2.75) is 6.18 Å². The normalized spacial score (nSPS) is 11.6. The van der Waals surface area contributed by atoms with E-state index in [9.17, 15) is 13.2 Å². The molecule has 7 aromatic carbocycles. The summed E-state index contributed by atoms with van der Waals surface area (Å²) in [4.78, 5) is 2.28. The van der Waals surface area contributed by atoms with E-state index in [1.165, 1.54) is 17.5 Å². The molecule has 0 amide bonds. The van der Waals surface area contributed by atoms with Gasteiger partial charge < -0.3 is 9.47 Å². The summed E-state index contributed by atoms with van der Waals surface area (Å²) < 4.78 is 42.0. The van der Waals surface area contributed by atoms with Crippen molar-refractivity contribution in [1.82, 2.24) is 4.57 Å². The lowest BCUT2D eigenvalue weighted by Gasteiger charge is -2.25. The van der Waals surface area contributed by atoms with Crippen molar-refractivity contribution >= 4 is 38.9 Å². The SMILES string of the molecule is FC(F)(F)c1cccc(-c2ccc(-c3ccc(-n4c5ccccc5c5cc(N(c6ccccc6)c6ccccc6)ccc54)cc3)cc2)c1. The summed E-state index contributed by atoms with van der Waals surface area (Å²) in [6, 6.07) is 57.5. The number of nitrogens with zero attached hydrogens (tertiary/aromatic N) is 2. The molecular weight excluding hydrogens is 601 g/mol. The van der Waals surface area contributed by atoms with E-state index in [1.54, 1.807) is 6.07 Å². The van der Waals surface area contributed by atoms with Crippen LogP contribution in [-0.4, -0.2) is 4.57 Å². The van der Waals surface area contributed by atoms with E-state index < -0.39 is 11.7 Å². The Hall–Kier alpha value is -6.07. The number of para-hydroxylation sites is 3. The number of hydrogen-bond acceptors (Lipinski definition) is 1. The Morgan fingerprint density at radius 3 is 1.56 bits per heavy atom. The summed E-state index contributed by atoms with van der Waals surface area (Å²) >= 11 is 0. The Labute approximate surface area is 276 Å². The van der Waals surface area contributed by atoms with Gasteiger partial charge >= 0.3 is 6.18 Å². The highest BCUT2D eigenvalue weighted by Gasteiger charge is 2.30. The predicted molar refractivity (Wildman–Crippen MR) is 191 cm³/mol. The molecule has 5 heteroatoms. The first-order chi connectivity index (χ1) is 23.4. The molecule has 0 aliphatic carbocycles. The monoisotopic (exact) mass is 630 g/mol. The Morgan fingerprint density at radius 2 is 0.938 bits per heavy atom. The van der Waals surface area contributed by atoms with Crippen LogP contribution in [0.15, 0.2) is 176 Å². The van der Waals surface area contributed by atoms with Crippen LogP contribution in [0.5, 0.6) is 0 Å². The standard InChI is InChI=1S/C43H29F3N2/c44-43(45,46)34-11-9-10-33(28-34)32-20-18-30(19-21-32)31-22-24-37(25-23-31)48-41-17-8-7-16-39(41)40-29-38(26-27-42(40)48)47(35-12-3-1-4-13-35)36-14-5-2-6-15-36/h1-29H. The minimum Gasteiger partial charge on any atom is -0.310 e. The number of anilines is 3. The molecule has 0 aliphatic heterocycles. The van der Waals surface area contributed by atoms with Gasteiger partial charge in [-0.2, -0.15) is 13.2 Å². The zero-order valence-corrected chi connectivity index (χ0v) is 25.8. The summed E-state index contributed by atoms with van der Waals surface area (Å²) in [5.41, 5.74) is 9.17. The molecule has 1 aromatic heterocycles. The number of rotatable bonds is 6. The van der Waals surface area contributed by atoms with Crippen molar-refractivity contribution in [2.24, 2.45) is 0 Å². The largest absolute Gasteiger partial charge is 0.416 e. The molecule has 8 aromatic rings. The van der Waals surface area contributed by atoms with Crippen LogP contribution in [0.2, 0.25) is 0 Å². The molecule has 0 spiro atoms. The van der Waals surface area contributed by atoms with Gasteiger partial charge in [-0.25, -0.2) is 0 Å². The van der Waals surface area contributed by atoms with Gasteiger partial charge in [0.25, 0.3) is 0 Å². The van der Waals surface area contributed by atoms with E-state index in [1.807, 2.05) is 36.4 Å². The van der Waals surface area contributed by atoms with Crippen molar-refractivity contribution in [2.75, 3.05) is 4.90 Å². The highest BCUT2D eigenvalue weighted by Crippen LogP contribution is 2.40. The number of aromatic nitrogens is 1. The second-order valence-electron chi connectivity index (χ2n) is 11.8. The third kappa shape index (κ3) is 5.39. The highest BCUT2D eigenvalue weighted by atomic mass is 19.4. The number of alkyl halides is 3. The smallest absolute Gasteiger partial charge is 0.310 e. The van der Waals surface area contributed by atoms with Crippen LogP contribution in [0.25, 0.3) is 49.7 Å². The third-order valence-electron chi connectivity index (χ3n) is 8.81. The molecule has 0 saturated carbocycles. The molecule has 0 bridgehead atoms. The van der Waals surface area contributed by atoms with Gasteiger partial charge in [0.05, 0.1) is 16.6 Å². The number of benzene rings is 7. The van der Waals surface area contributed by atoms with E-state index >= 15 is 0 Å². The summed E-state index contributed by atoms with van der Waals surface area (Å²) in [6.07, 6.45) is -4.37. The van der Waals surface area contributed by atoms with Crippen molar-refractivity contribution in [3.05, 3.63) is 181 Å². The average Bonchev–Trinajstić information content (AvgIpc) is 3.46. The molecular formula is C43H29F3N2. The molecule has 0 radical (unpaired) electrons. The summed E-state index contributed by atoms with van der Waals surface area (Å²) in [5, 5.41) is 2.33. The first-order valence-corrected chi connectivity index (χ1v) is 15.8. The molecule has 8 rings (SSSR count). The fourth-order valence-electron chi connectivity index (χ4n) is 6.51. The van der Waals surface area contributed by atoms with Crippen LogP contribution in [0, 0.1) is 0 Å². The third-order valence-corrected chi connectivity index (χ3v) is 8.81. The Morgan fingerprint density at radius 1 is 0.396 bits per heavy atom. The van der Waals surface area contributed by atoms with Gasteiger partial charge in [0, 0.05) is 33.5 Å². The first kappa shape index (κ1) is 29.3. The van der Waals surface area contributed by atoms with Gasteiger partial charge in [-0.05, 0) is 95.1 Å². The van der Waals surface area contributed by atoms with Crippen LogP contribution in [0.3, 0.4) is 0 Å². The lowest BCUT2D eigenvalue weighted by atomic mass is 9.99. The molecule has 0 N–H and O–H groups in total. The molecule has 0 fully saturated rings. The van der Waals surface area contributed by atoms with Gasteiger partial charge in [0.1, 0.15) is 0 Å². The Kier molecular flexibility index (Phi) is 7.30. The molecule has 232 valence electrons. The van der Waals surface area contributed by atoms with E-state index in [0.29, 0.717) is 5.56 Å². The maximum absolute atomic E-state index is 13.3. The molecule has 2 nitrogen and oxygen atoms in total. The highest BCUT2D eigenvalue weighted by molar-refractivity contribution is 6.10. The van der Waals surface area contributed by atoms with E-state index in [2.05, 4.69) is 125 Å². The Balaban J connectivity index is 1.16. The maximum atomic E-state index is 13.3. The van der Waals surface area contributed by atoms with Crippen LogP contribution < -0.4 is 4.90 Å². The van der Waals surface area contributed by atoms with Gasteiger partial charge in [-0.3, -0.25) is 0 Å².